The molecule has 24 heteroatoms. The first kappa shape index (κ1) is 71.0. The van der Waals surface area contributed by atoms with Gasteiger partial charge in [0.25, 0.3) is 0 Å². The van der Waals surface area contributed by atoms with E-state index in [0.29, 0.717) is 297 Å². The monoisotopic (exact) mass is 1060 g/mol. The summed E-state index contributed by atoms with van der Waals surface area (Å²) in [4.78, 5) is 0. The van der Waals surface area contributed by atoms with Gasteiger partial charge in [0.05, 0.1) is 277 Å². The molecule has 0 aromatic rings. The Morgan fingerprint density at radius 1 is 0.111 bits per heavy atom. The van der Waals surface area contributed by atoms with Crippen molar-refractivity contribution in [3.63, 3.8) is 0 Å². The normalized spacial score (nSPS) is 11.8. The molecule has 0 radical (unpaired) electrons. The Bertz CT molecular complexity index is 854. The van der Waals surface area contributed by atoms with E-state index in [9.17, 15) is 0 Å². The van der Waals surface area contributed by atoms with Crippen LogP contribution in [-0.4, -0.2) is 314 Å². The first-order valence-corrected chi connectivity index (χ1v) is 25.8. The Morgan fingerprint density at radius 2 is 0.222 bits per heavy atom. The average molecular weight is 1060 g/mol. The van der Waals surface area contributed by atoms with Gasteiger partial charge in [-0.05, 0) is 12.8 Å². The van der Waals surface area contributed by atoms with Crippen LogP contribution in [0.25, 0.3) is 0 Å². The van der Waals surface area contributed by atoms with Crippen molar-refractivity contribution in [3.05, 3.63) is 0 Å². The van der Waals surface area contributed by atoms with Crippen LogP contribution in [0.3, 0.4) is 0 Å². The highest BCUT2D eigenvalue weighted by molar-refractivity contribution is 4.43. The lowest BCUT2D eigenvalue weighted by atomic mass is 10.5. The van der Waals surface area contributed by atoms with E-state index in [1.165, 1.54) is 0 Å². The van der Waals surface area contributed by atoms with Crippen LogP contribution in [0.4, 0.5) is 0 Å². The van der Waals surface area contributed by atoms with E-state index in [1.54, 1.807) is 0 Å². The molecule has 72 heavy (non-hydrogen) atoms. The molecule has 0 heterocycles. The van der Waals surface area contributed by atoms with Gasteiger partial charge in [0.15, 0.2) is 0 Å². The molecule has 0 aliphatic carbocycles. The van der Waals surface area contributed by atoms with Crippen molar-refractivity contribution in [1.29, 1.82) is 0 Å². The van der Waals surface area contributed by atoms with Crippen molar-refractivity contribution in [2.45, 2.75) is 12.8 Å². The van der Waals surface area contributed by atoms with E-state index in [1.807, 2.05) is 0 Å². The second-order valence-corrected chi connectivity index (χ2v) is 14.6. The second-order valence-electron chi connectivity index (χ2n) is 14.6. The summed E-state index contributed by atoms with van der Waals surface area (Å²) >= 11 is 0. The Labute approximate surface area is 430 Å². The van der Waals surface area contributed by atoms with Gasteiger partial charge in [0.1, 0.15) is 0 Å². The minimum Gasteiger partial charge on any atom is -0.396 e. The lowest BCUT2D eigenvalue weighted by Crippen LogP contribution is -2.16. The summed E-state index contributed by atoms with van der Waals surface area (Å²) in [5, 5.41) is 17.3. The van der Waals surface area contributed by atoms with Gasteiger partial charge in [-0.15, -0.1) is 0 Å². The van der Waals surface area contributed by atoms with Crippen LogP contribution in [0, 0.1) is 0 Å². The topological polar surface area (TPSA) is 244 Å². The minimum absolute atomic E-state index is 0.0186. The fourth-order valence-electron chi connectivity index (χ4n) is 5.10. The Morgan fingerprint density at radius 3 is 0.347 bits per heavy atom. The van der Waals surface area contributed by atoms with E-state index < -0.39 is 0 Å². The molecule has 24 nitrogen and oxygen atoms in total. The van der Waals surface area contributed by atoms with Crippen molar-refractivity contribution < 1.29 is 114 Å². The molecule has 0 aliphatic heterocycles. The van der Waals surface area contributed by atoms with E-state index in [2.05, 4.69) is 0 Å². The van der Waals surface area contributed by atoms with Crippen molar-refractivity contribution in [3.8, 4) is 0 Å². The largest absolute Gasteiger partial charge is 0.396 e. The molecule has 0 saturated heterocycles. The maximum absolute atomic E-state index is 8.67. The van der Waals surface area contributed by atoms with Gasteiger partial charge < -0.3 is 114 Å². The molecule has 0 fully saturated rings. The zero-order chi connectivity index (χ0) is 51.5. The summed E-state index contributed by atoms with van der Waals surface area (Å²) in [6.07, 6.45) is 1.45. The molecule has 0 rings (SSSR count). The van der Waals surface area contributed by atoms with Crippen LogP contribution >= 0.6 is 0 Å². The van der Waals surface area contributed by atoms with E-state index in [0.717, 1.165) is 6.42 Å². The lowest BCUT2D eigenvalue weighted by Gasteiger charge is -2.09. The summed E-state index contributed by atoms with van der Waals surface area (Å²) in [6, 6.07) is 0. The van der Waals surface area contributed by atoms with Crippen molar-refractivity contribution in [1.82, 2.24) is 0 Å². The third-order valence-corrected chi connectivity index (χ3v) is 8.70. The highest BCUT2D eigenvalue weighted by Crippen LogP contribution is 1.92. The number of ether oxygens (including phenoxy) is 22. The third-order valence-electron chi connectivity index (χ3n) is 8.70. The summed E-state index contributed by atoms with van der Waals surface area (Å²) < 4.78 is 120. The SMILES string of the molecule is OCCCOCCOCCOCCOCCOCCOCCCOCCOCCOCCOCCOCCOCCOCCOCCOCCOCCOCCOCCOCCOCCOCCOCCO. The molecular formula is C48H98O24. The number of aliphatic hydroxyl groups excluding tert-OH is 2. The standard InChI is InChI=1S/C48H98O24/c49-3-1-5-51-9-13-55-17-21-59-25-26-60-22-18-56-14-10-52-6-2-7-53-11-15-57-19-23-61-27-29-63-31-33-65-35-37-67-39-41-69-43-45-71-47-48-72-46-44-70-42-40-68-38-36-66-34-32-64-30-28-62-24-20-58-16-12-54-8-4-50/h49-50H,1-48H2. The highest BCUT2D eigenvalue weighted by Gasteiger charge is 2.00. The van der Waals surface area contributed by atoms with Crippen molar-refractivity contribution >= 4 is 0 Å². The third kappa shape index (κ3) is 69.0. The maximum atomic E-state index is 8.67. The van der Waals surface area contributed by atoms with Gasteiger partial charge in [0.2, 0.25) is 0 Å². The zero-order valence-electron chi connectivity index (χ0n) is 43.8. The molecule has 0 saturated carbocycles. The van der Waals surface area contributed by atoms with Crippen molar-refractivity contribution in [2.75, 3.05) is 304 Å². The first-order chi connectivity index (χ1) is 35.9. The Balaban J connectivity index is 3.07. The van der Waals surface area contributed by atoms with Crippen LogP contribution < -0.4 is 0 Å². The molecular weight excluding hydrogens is 961 g/mol. The Hall–Kier alpha value is -0.960. The van der Waals surface area contributed by atoms with Gasteiger partial charge in [-0.2, -0.15) is 0 Å². The van der Waals surface area contributed by atoms with E-state index in [4.69, 9.17) is 114 Å². The zero-order valence-corrected chi connectivity index (χ0v) is 43.8. The molecule has 0 unspecified atom stereocenters. The molecule has 434 valence electrons. The van der Waals surface area contributed by atoms with Gasteiger partial charge in [-0.3, -0.25) is 0 Å². The lowest BCUT2D eigenvalue weighted by molar-refractivity contribution is -0.0306. The quantitative estimate of drug-likeness (QED) is 0.0769. The molecule has 2 N–H and O–H groups in total. The van der Waals surface area contributed by atoms with Gasteiger partial charge in [0, 0.05) is 26.4 Å². The smallest absolute Gasteiger partial charge is 0.0701 e. The summed E-state index contributed by atoms with van der Waals surface area (Å²) in [5.74, 6) is 0. The highest BCUT2D eigenvalue weighted by atomic mass is 16.6. The first-order valence-electron chi connectivity index (χ1n) is 25.8. The van der Waals surface area contributed by atoms with Gasteiger partial charge >= 0.3 is 0 Å². The van der Waals surface area contributed by atoms with Crippen LogP contribution in [-0.2, 0) is 104 Å². The predicted octanol–water partition coefficient (Wildman–Crippen LogP) is 0.116. The van der Waals surface area contributed by atoms with Gasteiger partial charge in [-0.25, -0.2) is 0 Å². The van der Waals surface area contributed by atoms with Crippen molar-refractivity contribution in [2.24, 2.45) is 0 Å². The molecule has 0 aromatic heterocycles. The van der Waals surface area contributed by atoms with Crippen LogP contribution in [0.1, 0.15) is 12.8 Å². The number of aliphatic hydroxyl groups is 2. The molecule has 0 aliphatic rings. The van der Waals surface area contributed by atoms with E-state index in [-0.39, 0.29) is 13.2 Å². The Kier molecular flexibility index (Phi) is 69.1. The fourth-order valence-corrected chi connectivity index (χ4v) is 5.10. The second kappa shape index (κ2) is 70.0. The molecule has 0 amide bonds. The fraction of sp³-hybridized carbons (Fsp3) is 1.00. The minimum atomic E-state index is 0.0186. The molecule has 0 atom stereocenters. The number of hydrogen-bond donors (Lipinski definition) is 2. The number of rotatable bonds is 69. The van der Waals surface area contributed by atoms with Crippen LogP contribution in [0.2, 0.25) is 0 Å². The molecule has 0 aromatic carbocycles. The predicted molar refractivity (Wildman–Crippen MR) is 261 cm³/mol. The summed E-state index contributed by atoms with van der Waals surface area (Å²) in [6.45, 7) is 22.2. The number of hydrogen-bond acceptors (Lipinski definition) is 24. The summed E-state index contributed by atoms with van der Waals surface area (Å²) in [5.41, 5.74) is 0. The van der Waals surface area contributed by atoms with E-state index >= 15 is 0 Å². The van der Waals surface area contributed by atoms with Crippen LogP contribution in [0.15, 0.2) is 0 Å². The average Bonchev–Trinajstić information content (AvgIpc) is 3.39. The maximum Gasteiger partial charge on any atom is 0.0701 e. The molecule has 0 spiro atoms. The summed E-state index contributed by atoms with van der Waals surface area (Å²) in [7, 11) is 0. The van der Waals surface area contributed by atoms with Gasteiger partial charge in [-0.1, -0.05) is 0 Å². The van der Waals surface area contributed by atoms with Crippen LogP contribution in [0.5, 0.6) is 0 Å². The molecule has 0 bridgehead atoms.